The first-order valence-electron chi connectivity index (χ1n) is 8.96. The molecule has 1 heterocycles. The third kappa shape index (κ3) is 2.94. The molecule has 5 heteroatoms. The molecule has 1 fully saturated rings. The van der Waals surface area contributed by atoms with Gasteiger partial charge in [0.2, 0.25) is 0 Å². The van der Waals surface area contributed by atoms with Crippen molar-refractivity contribution in [1.82, 2.24) is 0 Å². The predicted octanol–water partition coefficient (Wildman–Crippen LogP) is 5.44. The fraction of sp³-hybridized carbons (Fsp3) is 0.500. The molecule has 1 aliphatic heterocycles. The summed E-state index contributed by atoms with van der Waals surface area (Å²) in [5.41, 5.74) is 2.56. The SMILES string of the molecule is O=C1CCCC2=C1C(c1cccc(C(F)(F)F)c1)C1CCCCC1=N2. The highest BCUT2D eigenvalue weighted by atomic mass is 19.4. The van der Waals surface area contributed by atoms with Crippen LogP contribution in [0.1, 0.15) is 62.0 Å². The Balaban J connectivity index is 1.84. The highest BCUT2D eigenvalue weighted by Gasteiger charge is 2.41. The van der Waals surface area contributed by atoms with Crippen molar-refractivity contribution in [1.29, 1.82) is 0 Å². The van der Waals surface area contributed by atoms with Crippen LogP contribution < -0.4 is 0 Å². The molecule has 2 aliphatic carbocycles. The fourth-order valence-electron chi connectivity index (χ4n) is 4.52. The van der Waals surface area contributed by atoms with Crippen LogP contribution in [0.25, 0.3) is 0 Å². The van der Waals surface area contributed by atoms with E-state index in [1.54, 1.807) is 6.07 Å². The average molecular weight is 347 g/mol. The molecule has 132 valence electrons. The van der Waals surface area contributed by atoms with Crippen LogP contribution in [-0.2, 0) is 11.0 Å². The van der Waals surface area contributed by atoms with E-state index in [2.05, 4.69) is 0 Å². The maximum absolute atomic E-state index is 13.2. The van der Waals surface area contributed by atoms with Crippen molar-refractivity contribution in [2.75, 3.05) is 0 Å². The quantitative estimate of drug-likeness (QED) is 0.665. The van der Waals surface area contributed by atoms with Gasteiger partial charge >= 0.3 is 6.18 Å². The van der Waals surface area contributed by atoms with Crippen molar-refractivity contribution in [3.05, 3.63) is 46.7 Å². The molecule has 1 saturated carbocycles. The number of hydrogen-bond acceptors (Lipinski definition) is 2. The Morgan fingerprint density at radius 1 is 1.04 bits per heavy atom. The lowest BCUT2D eigenvalue weighted by molar-refractivity contribution is -0.137. The molecule has 25 heavy (non-hydrogen) atoms. The summed E-state index contributed by atoms with van der Waals surface area (Å²) >= 11 is 0. The van der Waals surface area contributed by atoms with Gasteiger partial charge in [-0.2, -0.15) is 13.2 Å². The summed E-state index contributed by atoms with van der Waals surface area (Å²) in [5.74, 6) is -0.132. The Kier molecular flexibility index (Phi) is 4.05. The number of aliphatic imine (C=N–C) groups is 1. The molecule has 4 rings (SSSR count). The van der Waals surface area contributed by atoms with Gasteiger partial charge in [-0.05, 0) is 43.7 Å². The summed E-state index contributed by atoms with van der Waals surface area (Å²) < 4.78 is 39.5. The Hall–Kier alpha value is -1.91. The van der Waals surface area contributed by atoms with Crippen LogP contribution in [0.5, 0.6) is 0 Å². The zero-order valence-corrected chi connectivity index (χ0v) is 13.9. The standard InChI is InChI=1S/C20H20F3NO/c21-20(22,23)13-6-3-5-12(11-13)18-14-7-1-2-8-15(14)24-16-9-4-10-17(25)19(16)18/h3,5-6,11,14,18H,1-2,4,7-10H2. The van der Waals surface area contributed by atoms with Gasteiger partial charge in [-0.25, -0.2) is 0 Å². The van der Waals surface area contributed by atoms with Gasteiger partial charge in [0.1, 0.15) is 0 Å². The number of ketones is 1. The van der Waals surface area contributed by atoms with Gasteiger partial charge in [0, 0.05) is 35.2 Å². The Bertz CT molecular complexity index is 775. The Morgan fingerprint density at radius 2 is 1.88 bits per heavy atom. The molecule has 0 radical (unpaired) electrons. The third-order valence-electron chi connectivity index (χ3n) is 5.62. The highest BCUT2D eigenvalue weighted by molar-refractivity contribution is 6.02. The molecular formula is C20H20F3NO. The molecule has 0 amide bonds. The van der Waals surface area contributed by atoms with Gasteiger partial charge in [-0.1, -0.05) is 24.6 Å². The first kappa shape index (κ1) is 16.6. The van der Waals surface area contributed by atoms with Gasteiger partial charge in [-0.15, -0.1) is 0 Å². The van der Waals surface area contributed by atoms with Gasteiger partial charge < -0.3 is 0 Å². The molecule has 0 bridgehead atoms. The fourth-order valence-corrected chi connectivity index (χ4v) is 4.52. The summed E-state index contributed by atoms with van der Waals surface area (Å²) in [6, 6.07) is 5.53. The van der Waals surface area contributed by atoms with Gasteiger partial charge in [0.05, 0.1) is 5.56 Å². The first-order valence-corrected chi connectivity index (χ1v) is 8.96. The van der Waals surface area contributed by atoms with Crippen molar-refractivity contribution >= 4 is 11.5 Å². The Labute approximate surface area is 144 Å². The van der Waals surface area contributed by atoms with Crippen molar-refractivity contribution in [3.8, 4) is 0 Å². The van der Waals surface area contributed by atoms with E-state index in [9.17, 15) is 18.0 Å². The first-order chi connectivity index (χ1) is 11.9. The van der Waals surface area contributed by atoms with Crippen LogP contribution in [0, 0.1) is 5.92 Å². The summed E-state index contributed by atoms with van der Waals surface area (Å²) in [4.78, 5) is 17.4. The number of alkyl halides is 3. The maximum Gasteiger partial charge on any atom is 0.416 e. The number of carbonyl (C=O) groups excluding carboxylic acids is 1. The van der Waals surface area contributed by atoms with Gasteiger partial charge in [0.25, 0.3) is 0 Å². The predicted molar refractivity (Wildman–Crippen MR) is 89.5 cm³/mol. The van der Waals surface area contributed by atoms with Gasteiger partial charge in [-0.3, -0.25) is 9.79 Å². The topological polar surface area (TPSA) is 29.4 Å². The number of benzene rings is 1. The van der Waals surface area contributed by atoms with Crippen molar-refractivity contribution < 1.29 is 18.0 Å². The molecule has 1 aromatic carbocycles. The number of Topliss-reactive ketones (excluding diaryl/α,β-unsaturated/α-hetero) is 1. The minimum atomic E-state index is -4.37. The van der Waals surface area contributed by atoms with Crippen LogP contribution >= 0.6 is 0 Å². The number of rotatable bonds is 1. The van der Waals surface area contributed by atoms with Crippen LogP contribution in [0.2, 0.25) is 0 Å². The summed E-state index contributed by atoms with van der Waals surface area (Å²) in [7, 11) is 0. The molecule has 1 aromatic rings. The van der Waals surface area contributed by atoms with E-state index in [4.69, 9.17) is 4.99 Å². The molecule has 2 nitrogen and oxygen atoms in total. The smallest absolute Gasteiger partial charge is 0.294 e. The van der Waals surface area contributed by atoms with E-state index in [1.165, 1.54) is 12.1 Å². The molecule has 3 aliphatic rings. The minimum Gasteiger partial charge on any atom is -0.294 e. The normalized spacial score (nSPS) is 26.8. The molecule has 0 saturated heterocycles. The van der Waals surface area contributed by atoms with Crippen LogP contribution in [0.4, 0.5) is 13.2 Å². The average Bonchev–Trinajstić information content (AvgIpc) is 2.59. The van der Waals surface area contributed by atoms with E-state index < -0.39 is 11.7 Å². The monoisotopic (exact) mass is 347 g/mol. The van der Waals surface area contributed by atoms with Crippen LogP contribution in [0.3, 0.4) is 0 Å². The highest BCUT2D eigenvalue weighted by Crippen LogP contribution is 2.47. The molecular weight excluding hydrogens is 327 g/mol. The van der Waals surface area contributed by atoms with E-state index in [0.29, 0.717) is 17.6 Å². The zero-order valence-electron chi connectivity index (χ0n) is 13.9. The lowest BCUT2D eigenvalue weighted by Crippen LogP contribution is -2.34. The van der Waals surface area contributed by atoms with E-state index >= 15 is 0 Å². The lowest BCUT2D eigenvalue weighted by Gasteiger charge is -2.39. The van der Waals surface area contributed by atoms with Crippen molar-refractivity contribution in [2.45, 2.75) is 57.0 Å². The van der Waals surface area contributed by atoms with Crippen molar-refractivity contribution in [3.63, 3.8) is 0 Å². The number of nitrogens with zero attached hydrogens (tertiary/aromatic N) is 1. The minimum absolute atomic E-state index is 0.0667. The molecule has 2 unspecified atom stereocenters. The van der Waals surface area contributed by atoms with Crippen LogP contribution in [0.15, 0.2) is 40.5 Å². The maximum atomic E-state index is 13.2. The second-order valence-electron chi connectivity index (χ2n) is 7.19. The number of carbonyl (C=O) groups is 1. The summed E-state index contributed by atoms with van der Waals surface area (Å²) in [5, 5.41) is 0. The summed E-state index contributed by atoms with van der Waals surface area (Å²) in [6.45, 7) is 0. The number of hydrogen-bond donors (Lipinski definition) is 0. The number of halogens is 3. The van der Waals surface area contributed by atoms with E-state index in [1.807, 2.05) is 0 Å². The molecule has 2 atom stereocenters. The molecule has 0 spiro atoms. The van der Waals surface area contributed by atoms with Crippen molar-refractivity contribution in [2.24, 2.45) is 10.9 Å². The lowest BCUT2D eigenvalue weighted by atomic mass is 9.67. The zero-order chi connectivity index (χ0) is 17.6. The Morgan fingerprint density at radius 3 is 2.68 bits per heavy atom. The largest absolute Gasteiger partial charge is 0.416 e. The second kappa shape index (κ2) is 6.11. The molecule has 0 aromatic heterocycles. The molecule has 0 N–H and O–H groups in total. The third-order valence-corrected chi connectivity index (χ3v) is 5.62. The summed E-state index contributed by atoms with van der Waals surface area (Å²) in [6.07, 6.45) is 1.54. The van der Waals surface area contributed by atoms with Crippen LogP contribution in [-0.4, -0.2) is 11.5 Å². The van der Waals surface area contributed by atoms with E-state index in [-0.39, 0.29) is 17.6 Å². The van der Waals surface area contributed by atoms with Gasteiger partial charge in [0.15, 0.2) is 5.78 Å². The number of fused-ring (bicyclic) bond motifs is 1. The second-order valence-corrected chi connectivity index (χ2v) is 7.19. The number of allylic oxidation sites excluding steroid dienone is 2. The van der Waals surface area contributed by atoms with E-state index in [0.717, 1.165) is 56.0 Å².